The SMILES string of the molecule is C=C1[C@H]2C[C@H]([C@@H]3O[C@@H]32)C1(C)C. The molecule has 3 rings (SSSR count). The lowest BCUT2D eigenvalue weighted by atomic mass is 9.73. The fraction of sp³-hybridized carbons (Fsp3) is 0.800. The largest absolute Gasteiger partial charge is 0.369 e. The van der Waals surface area contributed by atoms with E-state index in [1.165, 1.54) is 12.0 Å². The zero-order valence-corrected chi connectivity index (χ0v) is 7.13. The van der Waals surface area contributed by atoms with Gasteiger partial charge >= 0.3 is 0 Å². The summed E-state index contributed by atoms with van der Waals surface area (Å²) in [5.74, 6) is 1.49. The van der Waals surface area contributed by atoms with Gasteiger partial charge in [-0.05, 0) is 17.8 Å². The van der Waals surface area contributed by atoms with Crippen molar-refractivity contribution in [1.82, 2.24) is 0 Å². The monoisotopic (exact) mass is 150 g/mol. The van der Waals surface area contributed by atoms with Crippen LogP contribution in [0.4, 0.5) is 0 Å². The Morgan fingerprint density at radius 3 is 2.73 bits per heavy atom. The predicted molar refractivity (Wildman–Crippen MR) is 43.2 cm³/mol. The standard InChI is InChI=1S/C10H14O/c1-5-6-4-7(10(5,2)3)9-8(6)11-9/h6-9H,1,4H2,2-3H3/t6-,7-,8-,9+/m1/s1. The first-order valence-electron chi connectivity index (χ1n) is 4.47. The van der Waals surface area contributed by atoms with Crippen molar-refractivity contribution < 1.29 is 4.74 Å². The highest BCUT2D eigenvalue weighted by molar-refractivity contribution is 5.31. The maximum Gasteiger partial charge on any atom is 0.0910 e. The van der Waals surface area contributed by atoms with Crippen LogP contribution in [0.15, 0.2) is 12.2 Å². The molecule has 1 aliphatic heterocycles. The van der Waals surface area contributed by atoms with Crippen LogP contribution in [-0.4, -0.2) is 12.2 Å². The second-order valence-corrected chi connectivity index (χ2v) is 4.76. The highest BCUT2D eigenvalue weighted by atomic mass is 16.6. The molecule has 0 N–H and O–H groups in total. The summed E-state index contributed by atoms with van der Waals surface area (Å²) < 4.78 is 5.59. The molecule has 2 aliphatic carbocycles. The molecule has 0 unspecified atom stereocenters. The van der Waals surface area contributed by atoms with Gasteiger partial charge in [0, 0.05) is 5.92 Å². The average Bonchev–Trinajstić information content (AvgIpc) is 2.58. The van der Waals surface area contributed by atoms with Crippen LogP contribution in [-0.2, 0) is 4.74 Å². The van der Waals surface area contributed by atoms with Crippen LogP contribution in [0.1, 0.15) is 20.3 Å². The number of hydrogen-bond donors (Lipinski definition) is 0. The smallest absolute Gasteiger partial charge is 0.0910 e. The zero-order valence-electron chi connectivity index (χ0n) is 7.13. The molecule has 0 aromatic rings. The Hall–Kier alpha value is -0.300. The second kappa shape index (κ2) is 1.42. The van der Waals surface area contributed by atoms with Gasteiger partial charge in [-0.2, -0.15) is 0 Å². The molecule has 0 spiro atoms. The fourth-order valence-electron chi connectivity index (χ4n) is 3.09. The third kappa shape index (κ3) is 0.506. The van der Waals surface area contributed by atoms with Gasteiger partial charge in [0.15, 0.2) is 0 Å². The van der Waals surface area contributed by atoms with Crippen molar-refractivity contribution in [2.24, 2.45) is 17.3 Å². The van der Waals surface area contributed by atoms with E-state index in [-0.39, 0.29) is 0 Å². The summed E-state index contributed by atoms with van der Waals surface area (Å²) in [6.07, 6.45) is 2.54. The molecule has 11 heavy (non-hydrogen) atoms. The molecule has 4 atom stereocenters. The van der Waals surface area contributed by atoms with Gasteiger partial charge < -0.3 is 4.74 Å². The van der Waals surface area contributed by atoms with Crippen LogP contribution >= 0.6 is 0 Å². The van der Waals surface area contributed by atoms with E-state index in [9.17, 15) is 0 Å². The van der Waals surface area contributed by atoms with E-state index in [1.54, 1.807) is 0 Å². The van der Waals surface area contributed by atoms with Gasteiger partial charge in [-0.25, -0.2) is 0 Å². The van der Waals surface area contributed by atoms with Crippen LogP contribution in [0.3, 0.4) is 0 Å². The molecule has 0 aromatic heterocycles. The van der Waals surface area contributed by atoms with Gasteiger partial charge in [0.05, 0.1) is 12.2 Å². The van der Waals surface area contributed by atoms with Gasteiger partial charge in [-0.3, -0.25) is 0 Å². The minimum Gasteiger partial charge on any atom is -0.369 e. The minimum absolute atomic E-state index is 0.363. The maximum atomic E-state index is 5.59. The van der Waals surface area contributed by atoms with Crippen molar-refractivity contribution in [3.05, 3.63) is 12.2 Å². The van der Waals surface area contributed by atoms with Crippen molar-refractivity contribution in [3.63, 3.8) is 0 Å². The summed E-state index contributed by atoms with van der Waals surface area (Å²) in [5, 5.41) is 0. The van der Waals surface area contributed by atoms with Gasteiger partial charge in [0.1, 0.15) is 0 Å². The van der Waals surface area contributed by atoms with Crippen LogP contribution < -0.4 is 0 Å². The lowest BCUT2D eigenvalue weighted by Gasteiger charge is -2.29. The second-order valence-electron chi connectivity index (χ2n) is 4.76. The number of hydrogen-bond acceptors (Lipinski definition) is 1. The summed E-state index contributed by atoms with van der Waals surface area (Å²) in [7, 11) is 0. The number of fused-ring (bicyclic) bond motifs is 5. The molecule has 3 aliphatic rings. The Labute approximate surface area is 67.4 Å². The Morgan fingerprint density at radius 1 is 1.45 bits per heavy atom. The molecule has 1 saturated heterocycles. The summed E-state index contributed by atoms with van der Waals surface area (Å²) in [5.41, 5.74) is 1.81. The zero-order chi connectivity index (χ0) is 7.80. The minimum atomic E-state index is 0.363. The summed E-state index contributed by atoms with van der Waals surface area (Å²) in [6.45, 7) is 8.82. The Balaban J connectivity index is 2.08. The average molecular weight is 150 g/mol. The molecular formula is C10H14O. The first-order chi connectivity index (χ1) is 5.12. The van der Waals surface area contributed by atoms with Crippen LogP contribution in [0.5, 0.6) is 0 Å². The van der Waals surface area contributed by atoms with E-state index >= 15 is 0 Å². The summed E-state index contributed by atoms with van der Waals surface area (Å²) in [6, 6.07) is 0. The van der Waals surface area contributed by atoms with Crippen LogP contribution in [0, 0.1) is 17.3 Å². The molecule has 0 amide bonds. The maximum absolute atomic E-state index is 5.59. The van der Waals surface area contributed by atoms with Crippen molar-refractivity contribution in [2.45, 2.75) is 32.5 Å². The molecule has 3 fully saturated rings. The van der Waals surface area contributed by atoms with Crippen molar-refractivity contribution in [1.29, 1.82) is 0 Å². The van der Waals surface area contributed by atoms with E-state index in [2.05, 4.69) is 20.4 Å². The molecule has 0 aromatic carbocycles. The lowest BCUT2D eigenvalue weighted by Crippen LogP contribution is -2.27. The molecular weight excluding hydrogens is 136 g/mol. The van der Waals surface area contributed by atoms with Crippen molar-refractivity contribution >= 4 is 0 Å². The highest BCUT2D eigenvalue weighted by Gasteiger charge is 2.67. The molecule has 2 bridgehead atoms. The van der Waals surface area contributed by atoms with E-state index in [4.69, 9.17) is 4.74 Å². The van der Waals surface area contributed by atoms with Crippen LogP contribution in [0.2, 0.25) is 0 Å². The number of rotatable bonds is 0. The molecule has 1 nitrogen and oxygen atoms in total. The third-order valence-corrected chi connectivity index (χ3v) is 4.06. The summed E-state index contributed by atoms with van der Waals surface area (Å²) >= 11 is 0. The molecule has 1 heteroatoms. The predicted octanol–water partition coefficient (Wildman–Crippen LogP) is 1.99. The Morgan fingerprint density at radius 2 is 2.18 bits per heavy atom. The normalized spacial score (nSPS) is 56.4. The highest BCUT2D eigenvalue weighted by Crippen LogP contribution is 2.65. The number of epoxide rings is 1. The van der Waals surface area contributed by atoms with E-state index < -0.39 is 0 Å². The van der Waals surface area contributed by atoms with Gasteiger partial charge in [0.25, 0.3) is 0 Å². The first-order valence-corrected chi connectivity index (χ1v) is 4.47. The van der Waals surface area contributed by atoms with E-state index in [0.29, 0.717) is 23.5 Å². The lowest BCUT2D eigenvalue weighted by molar-refractivity contribution is 0.215. The first kappa shape index (κ1) is 6.24. The van der Waals surface area contributed by atoms with Gasteiger partial charge in [0.2, 0.25) is 0 Å². The quantitative estimate of drug-likeness (QED) is 0.380. The molecule has 2 saturated carbocycles. The molecule has 60 valence electrons. The summed E-state index contributed by atoms with van der Waals surface area (Å²) in [4.78, 5) is 0. The molecule has 0 radical (unpaired) electrons. The van der Waals surface area contributed by atoms with Gasteiger partial charge in [-0.1, -0.05) is 26.0 Å². The molecule has 1 heterocycles. The van der Waals surface area contributed by atoms with E-state index in [1.807, 2.05) is 0 Å². The number of ether oxygens (including phenoxy) is 1. The van der Waals surface area contributed by atoms with Crippen molar-refractivity contribution in [2.75, 3.05) is 0 Å². The van der Waals surface area contributed by atoms with Gasteiger partial charge in [-0.15, -0.1) is 0 Å². The van der Waals surface area contributed by atoms with E-state index in [0.717, 1.165) is 5.92 Å². The van der Waals surface area contributed by atoms with Crippen molar-refractivity contribution in [3.8, 4) is 0 Å². The van der Waals surface area contributed by atoms with Crippen LogP contribution in [0.25, 0.3) is 0 Å². The Bertz CT molecular complexity index is 241. The fourth-order valence-corrected chi connectivity index (χ4v) is 3.09. The Kier molecular flexibility index (Phi) is 0.809. The third-order valence-electron chi connectivity index (χ3n) is 4.06. The topological polar surface area (TPSA) is 12.5 Å².